The minimum atomic E-state index is -3.54. The van der Waals surface area contributed by atoms with Crippen LogP contribution >= 0.6 is 0 Å². The van der Waals surface area contributed by atoms with E-state index in [1.54, 1.807) is 6.07 Å². The summed E-state index contributed by atoms with van der Waals surface area (Å²) in [7, 11) is -2.08. The summed E-state index contributed by atoms with van der Waals surface area (Å²) in [6.07, 6.45) is 1.66. The van der Waals surface area contributed by atoms with Gasteiger partial charge < -0.3 is 15.2 Å². The minimum Gasteiger partial charge on any atom is -0.495 e. The van der Waals surface area contributed by atoms with Gasteiger partial charge in [-0.1, -0.05) is 0 Å². The number of rotatable bonds is 5. The summed E-state index contributed by atoms with van der Waals surface area (Å²) in [6, 6.07) is 4.53. The van der Waals surface area contributed by atoms with E-state index in [9.17, 15) is 8.42 Å². The summed E-state index contributed by atoms with van der Waals surface area (Å²) in [5, 5.41) is 0. The van der Waals surface area contributed by atoms with Gasteiger partial charge in [-0.25, -0.2) is 8.42 Å². The highest BCUT2D eigenvalue weighted by Gasteiger charge is 2.30. The number of benzene rings is 1. The molecule has 0 saturated carbocycles. The number of hydrogen-bond acceptors (Lipinski definition) is 5. The predicted molar refractivity (Wildman–Crippen MR) is 80.8 cm³/mol. The molecule has 1 unspecified atom stereocenters. The van der Waals surface area contributed by atoms with E-state index < -0.39 is 10.0 Å². The fourth-order valence-electron chi connectivity index (χ4n) is 2.50. The molecule has 1 aromatic carbocycles. The molecule has 0 aromatic heterocycles. The summed E-state index contributed by atoms with van der Waals surface area (Å²) < 4.78 is 37.5. The summed E-state index contributed by atoms with van der Waals surface area (Å²) in [4.78, 5) is 0.200. The van der Waals surface area contributed by atoms with Gasteiger partial charge in [0.15, 0.2) is 0 Å². The number of nitrogen functional groups attached to an aromatic ring is 1. The second kappa shape index (κ2) is 6.64. The van der Waals surface area contributed by atoms with Gasteiger partial charge >= 0.3 is 0 Å². The molecule has 0 amide bonds. The van der Waals surface area contributed by atoms with Crippen molar-refractivity contribution in [2.45, 2.75) is 30.8 Å². The van der Waals surface area contributed by atoms with Crippen LogP contribution in [0.2, 0.25) is 0 Å². The second-order valence-electron chi connectivity index (χ2n) is 4.99. The summed E-state index contributed by atoms with van der Waals surface area (Å²) in [5.41, 5.74) is 6.15. The van der Waals surface area contributed by atoms with Gasteiger partial charge in [-0.3, -0.25) is 0 Å². The van der Waals surface area contributed by atoms with Gasteiger partial charge in [-0.2, -0.15) is 4.31 Å². The highest BCUT2D eigenvalue weighted by molar-refractivity contribution is 7.89. The van der Waals surface area contributed by atoms with E-state index in [1.807, 2.05) is 6.92 Å². The van der Waals surface area contributed by atoms with Gasteiger partial charge in [0.2, 0.25) is 10.0 Å². The Bertz CT molecular complexity index is 587. The number of sulfonamides is 1. The first kappa shape index (κ1) is 16.1. The van der Waals surface area contributed by atoms with Crippen molar-refractivity contribution in [3.63, 3.8) is 0 Å². The molecular weight excluding hydrogens is 292 g/mol. The van der Waals surface area contributed by atoms with Crippen LogP contribution in [0.4, 0.5) is 5.69 Å². The third-order valence-electron chi connectivity index (χ3n) is 3.59. The first-order chi connectivity index (χ1) is 9.98. The van der Waals surface area contributed by atoms with Crippen molar-refractivity contribution in [2.75, 3.05) is 32.5 Å². The Morgan fingerprint density at radius 2 is 2.19 bits per heavy atom. The average molecular weight is 314 g/mol. The van der Waals surface area contributed by atoms with Gasteiger partial charge in [0.1, 0.15) is 5.75 Å². The van der Waals surface area contributed by atoms with Crippen molar-refractivity contribution in [3.8, 4) is 5.75 Å². The molecule has 2 N–H and O–H groups in total. The van der Waals surface area contributed by atoms with Gasteiger partial charge in [0, 0.05) is 25.8 Å². The molecule has 0 radical (unpaired) electrons. The molecule has 1 saturated heterocycles. The zero-order valence-corrected chi connectivity index (χ0v) is 13.2. The van der Waals surface area contributed by atoms with Crippen molar-refractivity contribution in [1.82, 2.24) is 4.31 Å². The van der Waals surface area contributed by atoms with Crippen LogP contribution in [-0.2, 0) is 14.8 Å². The maximum atomic E-state index is 12.7. The van der Waals surface area contributed by atoms with E-state index in [4.69, 9.17) is 15.2 Å². The van der Waals surface area contributed by atoms with Crippen LogP contribution in [-0.4, -0.2) is 45.6 Å². The summed E-state index contributed by atoms with van der Waals surface area (Å²) >= 11 is 0. The molecule has 118 valence electrons. The third-order valence-corrected chi connectivity index (χ3v) is 5.45. The van der Waals surface area contributed by atoms with Gasteiger partial charge in [-0.15, -0.1) is 0 Å². The number of hydrogen-bond donors (Lipinski definition) is 1. The lowest BCUT2D eigenvalue weighted by Gasteiger charge is -2.31. The van der Waals surface area contributed by atoms with Crippen molar-refractivity contribution < 1.29 is 17.9 Å². The highest BCUT2D eigenvalue weighted by Crippen LogP contribution is 2.28. The van der Waals surface area contributed by atoms with Gasteiger partial charge in [0.05, 0.1) is 23.8 Å². The summed E-state index contributed by atoms with van der Waals surface area (Å²) in [6.45, 7) is 3.41. The monoisotopic (exact) mass is 314 g/mol. The van der Waals surface area contributed by atoms with Crippen LogP contribution < -0.4 is 10.5 Å². The normalized spacial score (nSPS) is 20.4. The molecule has 2 rings (SSSR count). The molecule has 1 atom stereocenters. The van der Waals surface area contributed by atoms with E-state index >= 15 is 0 Å². The number of methoxy groups -OCH3 is 1. The molecule has 1 aliphatic heterocycles. The number of ether oxygens (including phenoxy) is 2. The minimum absolute atomic E-state index is 0.0331. The van der Waals surface area contributed by atoms with Crippen molar-refractivity contribution in [3.05, 3.63) is 18.2 Å². The Morgan fingerprint density at radius 3 is 2.86 bits per heavy atom. The van der Waals surface area contributed by atoms with Crippen LogP contribution in [0.15, 0.2) is 23.1 Å². The average Bonchev–Trinajstić information content (AvgIpc) is 2.48. The molecule has 6 nitrogen and oxygen atoms in total. The van der Waals surface area contributed by atoms with E-state index in [2.05, 4.69) is 0 Å². The number of piperidine rings is 1. The van der Waals surface area contributed by atoms with Crippen molar-refractivity contribution >= 4 is 15.7 Å². The third kappa shape index (κ3) is 3.48. The molecule has 0 bridgehead atoms. The molecule has 21 heavy (non-hydrogen) atoms. The number of nitrogens with two attached hydrogens (primary N) is 1. The van der Waals surface area contributed by atoms with Crippen molar-refractivity contribution in [2.24, 2.45) is 0 Å². The number of nitrogens with zero attached hydrogens (tertiary/aromatic N) is 1. The fourth-order valence-corrected chi connectivity index (χ4v) is 4.02. The predicted octanol–water partition coefficient (Wildman–Crippen LogP) is 1.47. The smallest absolute Gasteiger partial charge is 0.243 e. The molecule has 1 aliphatic rings. The Balaban J connectivity index is 2.25. The maximum absolute atomic E-state index is 12.7. The molecule has 0 spiro atoms. The highest BCUT2D eigenvalue weighted by atomic mass is 32.2. The second-order valence-corrected chi connectivity index (χ2v) is 6.92. The standard InChI is InChI=1S/C14H22N2O4S/c1-3-20-11-5-4-8-16(10-11)21(17,18)12-6-7-13(15)14(9-12)19-2/h6-7,9,11H,3-5,8,10,15H2,1-2H3. The lowest BCUT2D eigenvalue weighted by Crippen LogP contribution is -2.43. The SMILES string of the molecule is CCOC1CCCN(S(=O)(=O)c2ccc(N)c(OC)c2)C1. The lowest BCUT2D eigenvalue weighted by molar-refractivity contribution is 0.0265. The van der Waals surface area contributed by atoms with Crippen LogP contribution in [0, 0.1) is 0 Å². The molecule has 0 aliphatic carbocycles. The zero-order valence-electron chi connectivity index (χ0n) is 12.4. The molecule has 1 fully saturated rings. The van der Waals surface area contributed by atoms with Gasteiger partial charge in [0.25, 0.3) is 0 Å². The van der Waals surface area contributed by atoms with Crippen LogP contribution in [0.3, 0.4) is 0 Å². The van der Waals surface area contributed by atoms with Crippen LogP contribution in [0.5, 0.6) is 5.75 Å². The first-order valence-electron chi connectivity index (χ1n) is 7.04. The topological polar surface area (TPSA) is 81.9 Å². The molecule has 1 aromatic rings. The summed E-state index contributed by atoms with van der Waals surface area (Å²) in [5.74, 6) is 0.370. The Kier molecular flexibility index (Phi) is 5.08. The van der Waals surface area contributed by atoms with Crippen LogP contribution in [0.25, 0.3) is 0 Å². The van der Waals surface area contributed by atoms with Crippen LogP contribution in [0.1, 0.15) is 19.8 Å². The van der Waals surface area contributed by atoms with E-state index in [1.165, 1.54) is 23.5 Å². The Hall–Kier alpha value is -1.31. The Labute approximate surface area is 125 Å². The molecule has 1 heterocycles. The van der Waals surface area contributed by atoms with Gasteiger partial charge in [-0.05, 0) is 31.9 Å². The number of anilines is 1. The van der Waals surface area contributed by atoms with E-state index in [-0.39, 0.29) is 11.0 Å². The van der Waals surface area contributed by atoms with Crippen molar-refractivity contribution in [1.29, 1.82) is 0 Å². The lowest BCUT2D eigenvalue weighted by atomic mass is 10.1. The first-order valence-corrected chi connectivity index (χ1v) is 8.48. The molecule has 7 heteroatoms. The molecular formula is C14H22N2O4S. The fraction of sp³-hybridized carbons (Fsp3) is 0.571. The van der Waals surface area contributed by atoms with E-state index in [0.29, 0.717) is 31.1 Å². The van der Waals surface area contributed by atoms with E-state index in [0.717, 1.165) is 12.8 Å². The zero-order chi connectivity index (χ0) is 15.5. The maximum Gasteiger partial charge on any atom is 0.243 e. The quantitative estimate of drug-likeness (QED) is 0.832. The Morgan fingerprint density at radius 1 is 1.43 bits per heavy atom. The largest absolute Gasteiger partial charge is 0.495 e.